The summed E-state index contributed by atoms with van der Waals surface area (Å²) in [6.07, 6.45) is 0. The number of ether oxygens (including phenoxy) is 2. The van der Waals surface area contributed by atoms with Gasteiger partial charge < -0.3 is 14.8 Å². The highest BCUT2D eigenvalue weighted by Gasteiger charge is 2.20. The topological polar surface area (TPSA) is 30.5 Å². The first-order valence-electron chi connectivity index (χ1n) is 6.80. The number of benzene rings is 1. The van der Waals surface area contributed by atoms with Crippen molar-refractivity contribution >= 4 is 27.7 Å². The highest BCUT2D eigenvalue weighted by molar-refractivity contribution is 9.10. The minimum absolute atomic E-state index is 0.268. The van der Waals surface area contributed by atoms with Gasteiger partial charge >= 0.3 is 0 Å². The standard InChI is InChI=1S/C15H24BrNO2S/c1-6-17-12(9-20-10(2)3)11-7-8-13(18-4)14(16)15(11)19-5/h7-8,10,12,17H,6,9H2,1-5H3. The third-order valence-electron chi connectivity index (χ3n) is 2.94. The summed E-state index contributed by atoms with van der Waals surface area (Å²) in [6, 6.07) is 4.33. The Hall–Kier alpha value is -0.390. The molecule has 1 aromatic carbocycles. The van der Waals surface area contributed by atoms with Gasteiger partial charge in [0.15, 0.2) is 0 Å². The minimum atomic E-state index is 0.268. The molecule has 3 nitrogen and oxygen atoms in total. The summed E-state index contributed by atoms with van der Waals surface area (Å²) < 4.78 is 11.8. The Morgan fingerprint density at radius 3 is 2.45 bits per heavy atom. The molecule has 0 amide bonds. The van der Waals surface area contributed by atoms with E-state index in [1.807, 2.05) is 17.8 Å². The van der Waals surface area contributed by atoms with Crippen molar-refractivity contribution in [3.05, 3.63) is 22.2 Å². The van der Waals surface area contributed by atoms with Crippen LogP contribution in [-0.4, -0.2) is 31.8 Å². The third kappa shape index (κ3) is 4.57. The lowest BCUT2D eigenvalue weighted by Crippen LogP contribution is -2.24. The fraction of sp³-hybridized carbons (Fsp3) is 0.600. The summed E-state index contributed by atoms with van der Waals surface area (Å²) in [6.45, 7) is 7.48. The third-order valence-corrected chi connectivity index (χ3v) is 4.88. The highest BCUT2D eigenvalue weighted by atomic mass is 79.9. The molecule has 0 fully saturated rings. The Morgan fingerprint density at radius 2 is 1.95 bits per heavy atom. The number of hydrogen-bond donors (Lipinski definition) is 1. The van der Waals surface area contributed by atoms with Gasteiger partial charge in [0, 0.05) is 17.4 Å². The number of hydrogen-bond acceptors (Lipinski definition) is 4. The summed E-state index contributed by atoms with van der Waals surface area (Å²) in [5.41, 5.74) is 1.16. The van der Waals surface area contributed by atoms with Gasteiger partial charge in [-0.15, -0.1) is 0 Å². The maximum absolute atomic E-state index is 5.58. The van der Waals surface area contributed by atoms with Crippen molar-refractivity contribution in [2.45, 2.75) is 32.1 Å². The molecule has 20 heavy (non-hydrogen) atoms. The Morgan fingerprint density at radius 1 is 1.25 bits per heavy atom. The molecule has 1 unspecified atom stereocenters. The quantitative estimate of drug-likeness (QED) is 0.749. The smallest absolute Gasteiger partial charge is 0.141 e. The SMILES string of the molecule is CCNC(CSC(C)C)c1ccc(OC)c(Br)c1OC. The normalized spacial score (nSPS) is 12.6. The lowest BCUT2D eigenvalue weighted by molar-refractivity contribution is 0.382. The van der Waals surface area contributed by atoms with Crippen LogP contribution in [0.15, 0.2) is 16.6 Å². The average molecular weight is 362 g/mol. The molecule has 0 aliphatic rings. The molecule has 1 aromatic rings. The van der Waals surface area contributed by atoms with Crippen molar-refractivity contribution in [2.75, 3.05) is 26.5 Å². The van der Waals surface area contributed by atoms with Crippen molar-refractivity contribution in [3.63, 3.8) is 0 Å². The lowest BCUT2D eigenvalue weighted by atomic mass is 10.1. The zero-order valence-corrected chi connectivity index (χ0v) is 15.2. The fourth-order valence-electron chi connectivity index (χ4n) is 1.99. The molecule has 0 saturated carbocycles. The summed E-state index contributed by atoms with van der Waals surface area (Å²) in [4.78, 5) is 0. The monoisotopic (exact) mass is 361 g/mol. The van der Waals surface area contributed by atoms with Crippen LogP contribution < -0.4 is 14.8 Å². The number of thioether (sulfide) groups is 1. The summed E-state index contributed by atoms with van der Waals surface area (Å²) in [7, 11) is 3.36. The molecule has 0 aromatic heterocycles. The Kier molecular flexibility index (Phi) is 7.77. The molecule has 0 radical (unpaired) electrons. The number of rotatable bonds is 8. The van der Waals surface area contributed by atoms with Crippen LogP contribution in [0.2, 0.25) is 0 Å². The van der Waals surface area contributed by atoms with Crippen LogP contribution in [0.1, 0.15) is 32.4 Å². The first kappa shape index (κ1) is 17.7. The van der Waals surface area contributed by atoms with Gasteiger partial charge in [0.1, 0.15) is 16.0 Å². The van der Waals surface area contributed by atoms with Crippen molar-refractivity contribution in [2.24, 2.45) is 0 Å². The predicted molar refractivity (Wildman–Crippen MR) is 91.3 cm³/mol. The first-order chi connectivity index (χ1) is 9.54. The van der Waals surface area contributed by atoms with E-state index in [0.29, 0.717) is 5.25 Å². The van der Waals surface area contributed by atoms with Gasteiger partial charge in [0.2, 0.25) is 0 Å². The average Bonchev–Trinajstić information content (AvgIpc) is 2.43. The van der Waals surface area contributed by atoms with Crippen LogP contribution in [0.4, 0.5) is 0 Å². The van der Waals surface area contributed by atoms with E-state index in [2.05, 4.69) is 48.1 Å². The van der Waals surface area contributed by atoms with Gasteiger partial charge in [0.25, 0.3) is 0 Å². The number of nitrogens with one attached hydrogen (secondary N) is 1. The van der Waals surface area contributed by atoms with E-state index in [4.69, 9.17) is 9.47 Å². The fourth-order valence-corrected chi connectivity index (χ4v) is 3.55. The second kappa shape index (κ2) is 8.80. The molecule has 0 aliphatic carbocycles. The number of halogens is 1. The first-order valence-corrected chi connectivity index (χ1v) is 8.64. The number of methoxy groups -OCH3 is 2. The molecule has 0 aliphatic heterocycles. The zero-order chi connectivity index (χ0) is 15.1. The molecule has 0 saturated heterocycles. The van der Waals surface area contributed by atoms with E-state index < -0.39 is 0 Å². The van der Waals surface area contributed by atoms with Crippen molar-refractivity contribution in [1.29, 1.82) is 0 Å². The van der Waals surface area contributed by atoms with E-state index in [0.717, 1.165) is 33.8 Å². The van der Waals surface area contributed by atoms with Gasteiger partial charge in [-0.2, -0.15) is 11.8 Å². The van der Waals surface area contributed by atoms with E-state index in [-0.39, 0.29) is 6.04 Å². The maximum atomic E-state index is 5.58. The minimum Gasteiger partial charge on any atom is -0.495 e. The Labute approximate surface area is 134 Å². The van der Waals surface area contributed by atoms with E-state index in [9.17, 15) is 0 Å². The molecule has 1 N–H and O–H groups in total. The van der Waals surface area contributed by atoms with Crippen molar-refractivity contribution in [3.8, 4) is 11.5 Å². The second-order valence-corrected chi connectivity index (χ2v) is 7.10. The lowest BCUT2D eigenvalue weighted by Gasteiger charge is -2.23. The molecule has 0 heterocycles. The van der Waals surface area contributed by atoms with Crippen LogP contribution in [0.3, 0.4) is 0 Å². The van der Waals surface area contributed by atoms with Crippen LogP contribution in [0.5, 0.6) is 11.5 Å². The van der Waals surface area contributed by atoms with Crippen LogP contribution in [-0.2, 0) is 0 Å². The summed E-state index contributed by atoms with van der Waals surface area (Å²) >= 11 is 5.51. The molecule has 1 rings (SSSR count). The largest absolute Gasteiger partial charge is 0.495 e. The zero-order valence-electron chi connectivity index (χ0n) is 12.8. The van der Waals surface area contributed by atoms with E-state index >= 15 is 0 Å². The second-order valence-electron chi connectivity index (χ2n) is 4.70. The Bertz CT molecular complexity index is 427. The molecule has 114 valence electrons. The van der Waals surface area contributed by atoms with Crippen LogP contribution >= 0.6 is 27.7 Å². The maximum Gasteiger partial charge on any atom is 0.141 e. The van der Waals surface area contributed by atoms with Gasteiger partial charge in [-0.3, -0.25) is 0 Å². The van der Waals surface area contributed by atoms with E-state index in [1.54, 1.807) is 14.2 Å². The van der Waals surface area contributed by atoms with Gasteiger partial charge in [-0.25, -0.2) is 0 Å². The predicted octanol–water partition coefficient (Wildman–Crippen LogP) is 4.26. The van der Waals surface area contributed by atoms with Gasteiger partial charge in [0.05, 0.1) is 14.2 Å². The molecular weight excluding hydrogens is 338 g/mol. The van der Waals surface area contributed by atoms with Crippen LogP contribution in [0, 0.1) is 0 Å². The summed E-state index contributed by atoms with van der Waals surface area (Å²) in [5, 5.41) is 4.15. The van der Waals surface area contributed by atoms with Gasteiger partial charge in [-0.05, 0) is 39.9 Å². The molecule has 5 heteroatoms. The molecule has 1 atom stereocenters. The summed E-state index contributed by atoms with van der Waals surface area (Å²) in [5.74, 6) is 2.65. The molecule has 0 spiro atoms. The van der Waals surface area contributed by atoms with Crippen molar-refractivity contribution in [1.82, 2.24) is 5.32 Å². The van der Waals surface area contributed by atoms with Crippen LogP contribution in [0.25, 0.3) is 0 Å². The molecule has 0 bridgehead atoms. The molecular formula is C15H24BrNO2S. The van der Waals surface area contributed by atoms with E-state index in [1.165, 1.54) is 0 Å². The Balaban J connectivity index is 3.08. The van der Waals surface area contributed by atoms with Crippen molar-refractivity contribution < 1.29 is 9.47 Å². The van der Waals surface area contributed by atoms with Gasteiger partial charge in [-0.1, -0.05) is 20.8 Å². The highest BCUT2D eigenvalue weighted by Crippen LogP contribution is 2.40.